The van der Waals surface area contributed by atoms with Gasteiger partial charge in [-0.25, -0.2) is 10.2 Å². The Morgan fingerprint density at radius 3 is 2.60 bits per heavy atom. The Bertz CT molecular complexity index is 1110. The summed E-state index contributed by atoms with van der Waals surface area (Å²) in [7, 11) is 0. The average Bonchev–Trinajstić information content (AvgIpc) is 3.27. The molecule has 3 aromatic rings. The molecule has 0 aliphatic carbocycles. The molecule has 0 bridgehead atoms. The van der Waals surface area contributed by atoms with Gasteiger partial charge in [0.2, 0.25) is 5.76 Å². The molecule has 0 aliphatic rings. The van der Waals surface area contributed by atoms with Gasteiger partial charge >= 0.3 is 17.8 Å². The third-order valence-electron chi connectivity index (χ3n) is 3.94. The molecule has 2 N–H and O–H groups in total. The van der Waals surface area contributed by atoms with E-state index in [9.17, 15) is 14.4 Å². The first-order valence-electron chi connectivity index (χ1n) is 8.70. The number of esters is 1. The summed E-state index contributed by atoms with van der Waals surface area (Å²) in [5.74, 6) is -2.31. The van der Waals surface area contributed by atoms with E-state index in [1.165, 1.54) is 18.5 Å². The molecule has 2 amide bonds. The standard InChI is InChI=1S/C21H16ClN3O5/c1-13-15(22)7-4-8-16(13)24-19(26)20(27)25-23-12-14-6-2-3-9-17(14)30-21(28)18-10-5-11-29-18/h2-12H,1H3,(H,24,26)(H,25,27)/b23-12+. The quantitative estimate of drug-likeness (QED) is 0.213. The van der Waals surface area contributed by atoms with E-state index in [0.29, 0.717) is 21.8 Å². The van der Waals surface area contributed by atoms with E-state index in [1.807, 2.05) is 0 Å². The molecule has 8 nitrogen and oxygen atoms in total. The molecule has 0 saturated carbocycles. The van der Waals surface area contributed by atoms with Crippen LogP contribution >= 0.6 is 11.6 Å². The SMILES string of the molecule is Cc1c(Cl)cccc1NC(=O)C(=O)N/N=C/c1ccccc1OC(=O)c1ccco1. The molecule has 0 radical (unpaired) electrons. The van der Waals surface area contributed by atoms with E-state index >= 15 is 0 Å². The number of halogens is 1. The van der Waals surface area contributed by atoms with Gasteiger partial charge in [-0.3, -0.25) is 9.59 Å². The van der Waals surface area contributed by atoms with Crippen molar-refractivity contribution >= 4 is 41.3 Å². The number of hydrazone groups is 1. The van der Waals surface area contributed by atoms with E-state index in [4.69, 9.17) is 20.8 Å². The number of benzene rings is 2. The summed E-state index contributed by atoms with van der Waals surface area (Å²) >= 11 is 5.99. The number of ether oxygens (including phenoxy) is 1. The van der Waals surface area contributed by atoms with Gasteiger partial charge in [-0.15, -0.1) is 0 Å². The highest BCUT2D eigenvalue weighted by molar-refractivity contribution is 6.40. The molecule has 3 rings (SSSR count). The third kappa shape index (κ3) is 5.12. The fraction of sp³-hybridized carbons (Fsp3) is 0.0476. The van der Waals surface area contributed by atoms with Crippen molar-refractivity contribution in [3.05, 3.63) is 82.8 Å². The van der Waals surface area contributed by atoms with Crippen LogP contribution in [0, 0.1) is 6.92 Å². The highest BCUT2D eigenvalue weighted by atomic mass is 35.5. The summed E-state index contributed by atoms with van der Waals surface area (Å²) in [5.41, 5.74) is 3.58. The Morgan fingerprint density at radius 1 is 1.03 bits per heavy atom. The summed E-state index contributed by atoms with van der Waals surface area (Å²) in [6.45, 7) is 1.72. The lowest BCUT2D eigenvalue weighted by molar-refractivity contribution is -0.136. The van der Waals surface area contributed by atoms with Crippen molar-refractivity contribution in [2.24, 2.45) is 5.10 Å². The minimum absolute atomic E-state index is 0.0445. The number of para-hydroxylation sites is 1. The molecule has 9 heteroatoms. The molecule has 0 aliphatic heterocycles. The maximum atomic E-state index is 12.0. The molecule has 30 heavy (non-hydrogen) atoms. The van der Waals surface area contributed by atoms with Crippen LogP contribution in [0.2, 0.25) is 5.02 Å². The van der Waals surface area contributed by atoms with Crippen LogP contribution < -0.4 is 15.5 Å². The Balaban J connectivity index is 1.62. The molecule has 152 valence electrons. The molecule has 0 unspecified atom stereocenters. The van der Waals surface area contributed by atoms with E-state index in [0.717, 1.165) is 0 Å². The number of furan rings is 1. The van der Waals surface area contributed by atoms with Crippen molar-refractivity contribution in [2.75, 3.05) is 5.32 Å². The fourth-order valence-corrected chi connectivity index (χ4v) is 2.53. The number of nitrogens with zero attached hydrogens (tertiary/aromatic N) is 1. The number of hydrogen-bond acceptors (Lipinski definition) is 6. The number of anilines is 1. The lowest BCUT2D eigenvalue weighted by atomic mass is 10.2. The van der Waals surface area contributed by atoms with Gasteiger partial charge in [-0.2, -0.15) is 5.10 Å². The third-order valence-corrected chi connectivity index (χ3v) is 4.35. The van der Waals surface area contributed by atoms with Crippen LogP contribution in [0.3, 0.4) is 0 Å². The van der Waals surface area contributed by atoms with Gasteiger partial charge < -0.3 is 14.5 Å². The molecule has 1 heterocycles. The number of amides is 2. The average molecular weight is 426 g/mol. The first-order valence-corrected chi connectivity index (χ1v) is 9.07. The summed E-state index contributed by atoms with van der Waals surface area (Å²) in [6.07, 6.45) is 2.61. The maximum Gasteiger partial charge on any atom is 0.379 e. The molecule has 0 saturated heterocycles. The van der Waals surface area contributed by atoms with Gasteiger partial charge in [0.15, 0.2) is 0 Å². The van der Waals surface area contributed by atoms with Gasteiger partial charge in [0.25, 0.3) is 0 Å². The van der Waals surface area contributed by atoms with Crippen molar-refractivity contribution in [2.45, 2.75) is 6.92 Å². The van der Waals surface area contributed by atoms with Gasteiger partial charge in [0.1, 0.15) is 5.75 Å². The predicted octanol–water partition coefficient (Wildman–Crippen LogP) is 3.55. The highest BCUT2D eigenvalue weighted by Crippen LogP contribution is 2.22. The zero-order valence-electron chi connectivity index (χ0n) is 15.7. The molecular formula is C21H16ClN3O5. The Kier molecular flexibility index (Phi) is 6.61. The van der Waals surface area contributed by atoms with Crippen molar-refractivity contribution in [3.8, 4) is 5.75 Å². The predicted molar refractivity (Wildman–Crippen MR) is 111 cm³/mol. The second kappa shape index (κ2) is 9.53. The second-order valence-corrected chi connectivity index (χ2v) is 6.38. The lowest BCUT2D eigenvalue weighted by Crippen LogP contribution is -2.32. The van der Waals surface area contributed by atoms with E-state index in [2.05, 4.69) is 15.8 Å². The largest absolute Gasteiger partial charge is 0.457 e. The monoisotopic (exact) mass is 425 g/mol. The van der Waals surface area contributed by atoms with Crippen molar-refractivity contribution in [3.63, 3.8) is 0 Å². The van der Waals surface area contributed by atoms with Crippen molar-refractivity contribution in [1.29, 1.82) is 0 Å². The van der Waals surface area contributed by atoms with Crippen LogP contribution in [0.15, 0.2) is 70.4 Å². The van der Waals surface area contributed by atoms with E-state index in [1.54, 1.807) is 55.5 Å². The minimum Gasteiger partial charge on any atom is -0.457 e. The van der Waals surface area contributed by atoms with Crippen LogP contribution in [0.5, 0.6) is 5.75 Å². The normalized spacial score (nSPS) is 10.6. The number of carbonyl (C=O) groups is 3. The second-order valence-electron chi connectivity index (χ2n) is 5.97. The number of rotatable bonds is 5. The van der Waals surface area contributed by atoms with Crippen LogP contribution in [0.25, 0.3) is 0 Å². The number of nitrogens with one attached hydrogen (secondary N) is 2. The molecule has 1 aromatic heterocycles. The summed E-state index contributed by atoms with van der Waals surface area (Å²) in [4.78, 5) is 36.1. The Labute approximate surface area is 176 Å². The van der Waals surface area contributed by atoms with Crippen LogP contribution in [-0.2, 0) is 9.59 Å². The molecule has 0 fully saturated rings. The molecular weight excluding hydrogens is 410 g/mol. The van der Waals surface area contributed by atoms with Crippen molar-refractivity contribution in [1.82, 2.24) is 5.43 Å². The van der Waals surface area contributed by atoms with Gasteiger partial charge in [0.05, 0.1) is 12.5 Å². The van der Waals surface area contributed by atoms with E-state index in [-0.39, 0.29) is 11.5 Å². The topological polar surface area (TPSA) is 110 Å². The lowest BCUT2D eigenvalue weighted by Gasteiger charge is -2.08. The first-order chi connectivity index (χ1) is 14.5. The summed E-state index contributed by atoms with van der Waals surface area (Å²) < 4.78 is 10.3. The van der Waals surface area contributed by atoms with Gasteiger partial charge in [0, 0.05) is 16.3 Å². The molecule has 0 spiro atoms. The van der Waals surface area contributed by atoms with Crippen LogP contribution in [0.1, 0.15) is 21.7 Å². The molecule has 2 aromatic carbocycles. The number of carbonyl (C=O) groups excluding carboxylic acids is 3. The Morgan fingerprint density at radius 2 is 1.83 bits per heavy atom. The first kappa shape index (κ1) is 20.8. The van der Waals surface area contributed by atoms with E-state index < -0.39 is 17.8 Å². The maximum absolute atomic E-state index is 12.0. The van der Waals surface area contributed by atoms with Gasteiger partial charge in [-0.05, 0) is 48.9 Å². The highest BCUT2D eigenvalue weighted by Gasteiger charge is 2.15. The zero-order chi connectivity index (χ0) is 21.5. The van der Waals surface area contributed by atoms with Crippen molar-refractivity contribution < 1.29 is 23.5 Å². The van der Waals surface area contributed by atoms with Crippen LogP contribution in [-0.4, -0.2) is 24.0 Å². The minimum atomic E-state index is -0.976. The van der Waals surface area contributed by atoms with Crippen LogP contribution in [0.4, 0.5) is 5.69 Å². The smallest absolute Gasteiger partial charge is 0.379 e. The van der Waals surface area contributed by atoms with Gasteiger partial charge in [-0.1, -0.05) is 29.8 Å². The Hall–Kier alpha value is -3.91. The fourth-order valence-electron chi connectivity index (χ4n) is 2.36. The zero-order valence-corrected chi connectivity index (χ0v) is 16.5. The summed E-state index contributed by atoms with van der Waals surface area (Å²) in [5, 5.41) is 6.68. The number of hydrogen-bond donors (Lipinski definition) is 2. The summed E-state index contributed by atoms with van der Waals surface area (Å²) in [6, 6.07) is 14.5. The molecule has 0 atom stereocenters.